The van der Waals surface area contributed by atoms with Crippen molar-refractivity contribution in [3.63, 3.8) is 0 Å². The van der Waals surface area contributed by atoms with Crippen LogP contribution < -0.4 is 15.8 Å². The van der Waals surface area contributed by atoms with E-state index in [1.165, 1.54) is 12.3 Å². The van der Waals surface area contributed by atoms with E-state index in [4.69, 9.17) is 16.9 Å². The van der Waals surface area contributed by atoms with E-state index in [9.17, 15) is 18.8 Å². The molecular weight excluding hydrogens is 448 g/mol. The van der Waals surface area contributed by atoms with Gasteiger partial charge in [-0.3, -0.25) is 9.79 Å². The van der Waals surface area contributed by atoms with Crippen molar-refractivity contribution in [2.45, 2.75) is 37.5 Å². The van der Waals surface area contributed by atoms with E-state index in [2.05, 4.69) is 27.3 Å². The van der Waals surface area contributed by atoms with E-state index >= 15 is 0 Å². The van der Waals surface area contributed by atoms with Gasteiger partial charge >= 0.3 is 0 Å². The van der Waals surface area contributed by atoms with E-state index < -0.39 is 27.8 Å². The Hall–Kier alpha value is -3.63. The number of aliphatic imine (C=N–C) groups is 1. The van der Waals surface area contributed by atoms with Crippen LogP contribution in [0, 0.1) is 42.2 Å². The first kappa shape index (κ1) is 24.0. The van der Waals surface area contributed by atoms with E-state index in [1.807, 2.05) is 0 Å². The number of thioether (sulfide) groups is 1. The van der Waals surface area contributed by atoms with Gasteiger partial charge in [-0.15, -0.1) is 6.42 Å². The second-order valence-corrected chi connectivity index (χ2v) is 9.47. The Labute approximate surface area is 194 Å². The number of ether oxygens (including phenoxy) is 1. The molecule has 0 unspecified atom stereocenters. The van der Waals surface area contributed by atoms with E-state index in [0.717, 1.165) is 17.8 Å². The van der Waals surface area contributed by atoms with Gasteiger partial charge in [0.15, 0.2) is 16.8 Å². The number of aryl methyl sites for hydroxylation is 1. The maximum Gasteiger partial charge on any atom is 0.274 e. The number of carbonyl (C=O) groups is 1. The number of nitrogens with one attached hydrogen (secondary N) is 1. The monoisotopic (exact) mass is 469 g/mol. The van der Waals surface area contributed by atoms with Crippen molar-refractivity contribution in [2.75, 3.05) is 11.9 Å². The molecule has 0 bridgehead atoms. The van der Waals surface area contributed by atoms with Crippen LogP contribution in [-0.2, 0) is 5.54 Å². The summed E-state index contributed by atoms with van der Waals surface area (Å²) >= 11 is 1.07. The Morgan fingerprint density at radius 2 is 2.12 bits per heavy atom. The highest BCUT2D eigenvalue weighted by molar-refractivity contribution is 8.15. The molecule has 1 aromatic heterocycles. The number of amides is 1. The fourth-order valence-corrected chi connectivity index (χ4v) is 4.79. The Balaban J connectivity index is 1.94. The summed E-state index contributed by atoms with van der Waals surface area (Å²) in [5, 5.41) is 12.2. The maximum absolute atomic E-state index is 14.8. The molecule has 170 valence electrons. The Bertz CT molecular complexity index is 1240. The molecule has 0 spiro atoms. The number of hydrogen-bond acceptors (Lipinski definition) is 7. The maximum atomic E-state index is 14.8. The summed E-state index contributed by atoms with van der Waals surface area (Å²) in [6, 6.07) is 5.90. The molecule has 1 aliphatic heterocycles. The second-order valence-electron chi connectivity index (χ2n) is 7.95. The average Bonchev–Trinajstić information content (AvgIpc) is 2.73. The van der Waals surface area contributed by atoms with Gasteiger partial charge in [-0.25, -0.2) is 13.8 Å². The smallest absolute Gasteiger partial charge is 0.274 e. The number of rotatable bonds is 5. The number of amidine groups is 1. The molecule has 1 aromatic carbocycles. The minimum Gasteiger partial charge on any atom is -0.479 e. The molecule has 2 aromatic rings. The summed E-state index contributed by atoms with van der Waals surface area (Å²) < 4.78 is 33.7. The van der Waals surface area contributed by atoms with Crippen molar-refractivity contribution in [1.82, 2.24) is 4.98 Å². The van der Waals surface area contributed by atoms with Crippen molar-refractivity contribution < 1.29 is 18.3 Å². The number of nitrogens with zero attached hydrogens (tertiary/aromatic N) is 3. The van der Waals surface area contributed by atoms with Crippen LogP contribution in [0.4, 0.5) is 14.5 Å². The van der Waals surface area contributed by atoms with Gasteiger partial charge < -0.3 is 15.8 Å². The van der Waals surface area contributed by atoms with Crippen molar-refractivity contribution in [3.05, 3.63) is 52.9 Å². The van der Waals surface area contributed by atoms with Crippen LogP contribution in [0.5, 0.6) is 5.75 Å². The number of carbonyl (C=O) groups excluding carboxylic acids is 1. The zero-order valence-electron chi connectivity index (χ0n) is 18.2. The number of benzene rings is 1. The van der Waals surface area contributed by atoms with Crippen LogP contribution >= 0.6 is 11.8 Å². The predicted octanol–water partition coefficient (Wildman–Crippen LogP) is 3.88. The minimum atomic E-state index is -1.31. The Morgan fingerprint density at radius 3 is 2.76 bits per heavy atom. The average molecular weight is 470 g/mol. The molecule has 7 nitrogen and oxygen atoms in total. The summed E-state index contributed by atoms with van der Waals surface area (Å²) in [6.45, 7) is 4.93. The third-order valence-electron chi connectivity index (χ3n) is 5.06. The molecule has 0 radical (unpaired) electrons. The lowest BCUT2D eigenvalue weighted by atomic mass is 9.83. The van der Waals surface area contributed by atoms with Crippen molar-refractivity contribution in [1.29, 1.82) is 5.26 Å². The van der Waals surface area contributed by atoms with Crippen molar-refractivity contribution in [2.24, 2.45) is 10.7 Å². The highest BCUT2D eigenvalue weighted by Gasteiger charge is 2.44. The quantitative estimate of drug-likeness (QED) is 0.643. The summed E-state index contributed by atoms with van der Waals surface area (Å²) in [5.74, 6) is -0.184. The second kappa shape index (κ2) is 9.08. The lowest BCUT2D eigenvalue weighted by molar-refractivity contribution is 0.102. The van der Waals surface area contributed by atoms with Crippen LogP contribution in [-0.4, -0.2) is 27.4 Å². The number of aromatic nitrogens is 1. The summed E-state index contributed by atoms with van der Waals surface area (Å²) in [4.78, 5) is 21.2. The molecule has 2 atom stereocenters. The lowest BCUT2D eigenvalue weighted by Gasteiger charge is -2.37. The normalized spacial score (nSPS) is 22.0. The topological polar surface area (TPSA) is 113 Å². The summed E-state index contributed by atoms with van der Waals surface area (Å²) in [7, 11) is 0. The fraction of sp³-hybridized carbons (Fsp3) is 0.304. The molecule has 0 saturated carbocycles. The van der Waals surface area contributed by atoms with Gasteiger partial charge in [0.1, 0.15) is 22.8 Å². The first-order valence-corrected chi connectivity index (χ1v) is 10.6. The molecule has 33 heavy (non-hydrogen) atoms. The van der Waals surface area contributed by atoms with Crippen LogP contribution in [0.25, 0.3) is 0 Å². The largest absolute Gasteiger partial charge is 0.479 e. The van der Waals surface area contributed by atoms with Crippen LogP contribution in [0.15, 0.2) is 29.4 Å². The first-order chi connectivity index (χ1) is 15.5. The number of hydrogen-bond donors (Lipinski definition) is 2. The van der Waals surface area contributed by atoms with Crippen LogP contribution in [0.2, 0.25) is 0 Å². The van der Waals surface area contributed by atoms with E-state index in [-0.39, 0.29) is 35.1 Å². The number of nitriles is 1. The first-order valence-electron chi connectivity index (χ1n) is 9.79. The van der Waals surface area contributed by atoms with Gasteiger partial charge in [0.2, 0.25) is 0 Å². The molecule has 3 N–H and O–H groups in total. The standard InChI is InChI=1S/C23H21F2N5O2S/c1-5-6-32-15-7-13(2)19(28-10-15)20(31)29-14-8-16(18(25)17(24)9-14)23(4)11-22(3,12-26)33-21(27)30-23/h1,7-10H,6,11H2,2-4H3,(H2,27,30)(H,29,31)/t22-,23+/m1/s1. The van der Waals surface area contributed by atoms with Crippen molar-refractivity contribution >= 4 is 28.5 Å². The number of terminal acetylenes is 1. The number of anilines is 1. The number of nitrogens with two attached hydrogens (primary N) is 1. The highest BCUT2D eigenvalue weighted by Crippen LogP contribution is 2.46. The van der Waals surface area contributed by atoms with Crippen LogP contribution in [0.1, 0.15) is 41.9 Å². The SMILES string of the molecule is C#CCOc1cnc(C(=O)Nc2cc(F)c(F)c([C@]3(C)C[C@](C)(C#N)SC(N)=N3)c2)c(C)c1. The van der Waals surface area contributed by atoms with Crippen molar-refractivity contribution in [3.8, 4) is 24.2 Å². The molecule has 0 aliphatic carbocycles. The molecule has 0 saturated heterocycles. The fourth-order valence-electron chi connectivity index (χ4n) is 3.68. The van der Waals surface area contributed by atoms with E-state index in [0.29, 0.717) is 11.3 Å². The zero-order chi connectivity index (χ0) is 24.4. The minimum absolute atomic E-state index is 0.00893. The molecule has 10 heteroatoms. The molecule has 2 heterocycles. The third-order valence-corrected chi connectivity index (χ3v) is 6.05. The summed E-state index contributed by atoms with van der Waals surface area (Å²) in [5.41, 5.74) is 5.05. The number of pyridine rings is 1. The lowest BCUT2D eigenvalue weighted by Crippen LogP contribution is -2.40. The van der Waals surface area contributed by atoms with Gasteiger partial charge in [0, 0.05) is 23.7 Å². The van der Waals surface area contributed by atoms with Gasteiger partial charge in [-0.05, 0) is 38.5 Å². The van der Waals surface area contributed by atoms with Crippen LogP contribution in [0.3, 0.4) is 0 Å². The third kappa shape index (κ3) is 5.07. The molecular formula is C23H21F2N5O2S. The molecule has 1 aliphatic rings. The van der Waals surface area contributed by atoms with Gasteiger partial charge in [0.25, 0.3) is 5.91 Å². The number of halogens is 2. The molecule has 1 amide bonds. The van der Waals surface area contributed by atoms with Gasteiger partial charge in [0.05, 0.1) is 17.8 Å². The zero-order valence-corrected chi connectivity index (χ0v) is 19.0. The Kier molecular flexibility index (Phi) is 6.61. The van der Waals surface area contributed by atoms with Gasteiger partial charge in [-0.2, -0.15) is 5.26 Å². The van der Waals surface area contributed by atoms with E-state index in [1.54, 1.807) is 26.8 Å². The highest BCUT2D eigenvalue weighted by atomic mass is 32.2. The predicted molar refractivity (Wildman–Crippen MR) is 123 cm³/mol. The molecule has 0 fully saturated rings. The molecule has 3 rings (SSSR count). The Morgan fingerprint density at radius 1 is 1.39 bits per heavy atom. The van der Waals surface area contributed by atoms with Gasteiger partial charge in [-0.1, -0.05) is 17.7 Å². The summed E-state index contributed by atoms with van der Waals surface area (Å²) in [6.07, 6.45) is 6.59.